The molecule has 0 radical (unpaired) electrons. The third kappa shape index (κ3) is 4.85. The van der Waals surface area contributed by atoms with E-state index < -0.39 is 49.9 Å². The molecule has 0 unspecified atom stereocenters. The lowest BCUT2D eigenvalue weighted by atomic mass is 9.95. The molecular formula is C30H27NO7S. The Morgan fingerprint density at radius 1 is 0.949 bits per heavy atom. The first-order valence-electron chi connectivity index (χ1n) is 12.5. The monoisotopic (exact) mass is 545 g/mol. The third-order valence-corrected chi connectivity index (χ3v) is 9.87. The number of amides is 1. The average molecular weight is 546 g/mol. The molecule has 2 aliphatic heterocycles. The Labute approximate surface area is 226 Å². The van der Waals surface area contributed by atoms with E-state index in [1.807, 2.05) is 42.5 Å². The summed E-state index contributed by atoms with van der Waals surface area (Å²) in [5.74, 6) is -2.11. The van der Waals surface area contributed by atoms with Crippen LogP contribution in [0.2, 0.25) is 0 Å². The van der Waals surface area contributed by atoms with E-state index in [0.717, 1.165) is 22.6 Å². The Bertz CT molecular complexity index is 1470. The molecule has 0 N–H and O–H groups in total. The first kappa shape index (κ1) is 26.4. The van der Waals surface area contributed by atoms with Crippen molar-refractivity contribution in [3.8, 4) is 0 Å². The minimum Gasteiger partial charge on any atom is -0.458 e. The molecule has 2 heterocycles. The lowest BCUT2D eigenvalue weighted by Crippen LogP contribution is -2.57. The lowest BCUT2D eigenvalue weighted by molar-refractivity contribution is -0.163. The van der Waals surface area contributed by atoms with E-state index in [1.54, 1.807) is 48.5 Å². The first-order chi connectivity index (χ1) is 18.7. The maximum Gasteiger partial charge on any atom is 0.331 e. The largest absolute Gasteiger partial charge is 0.458 e. The van der Waals surface area contributed by atoms with Gasteiger partial charge < -0.3 is 14.4 Å². The van der Waals surface area contributed by atoms with E-state index in [4.69, 9.17) is 9.47 Å². The number of nitrogens with zero attached hydrogens (tertiary/aromatic N) is 1. The minimum absolute atomic E-state index is 0.00200. The van der Waals surface area contributed by atoms with Crippen molar-refractivity contribution in [1.82, 2.24) is 4.90 Å². The lowest BCUT2D eigenvalue weighted by Gasteiger charge is -2.36. The van der Waals surface area contributed by atoms with Gasteiger partial charge in [0.15, 0.2) is 22.0 Å². The molecule has 0 spiro atoms. The zero-order valence-corrected chi connectivity index (χ0v) is 22.0. The number of hydrogen-bond acceptors (Lipinski definition) is 7. The third-order valence-electron chi connectivity index (χ3n) is 7.18. The fourth-order valence-electron chi connectivity index (χ4n) is 5.00. The number of sulfone groups is 1. The van der Waals surface area contributed by atoms with Crippen LogP contribution < -0.4 is 0 Å². The fraction of sp³-hybridized carbons (Fsp3) is 0.233. The summed E-state index contributed by atoms with van der Waals surface area (Å²) in [7, 11) is -4.07. The van der Waals surface area contributed by atoms with Gasteiger partial charge in [0.05, 0.1) is 6.42 Å². The van der Waals surface area contributed by atoms with Crippen LogP contribution in [0.5, 0.6) is 0 Å². The number of carbonyl (C=O) groups excluding carboxylic acids is 3. The summed E-state index contributed by atoms with van der Waals surface area (Å²) in [6.07, 6.45) is 1.09. The topological polar surface area (TPSA) is 107 Å². The minimum atomic E-state index is -4.07. The molecule has 5 rings (SSSR count). The van der Waals surface area contributed by atoms with Crippen molar-refractivity contribution >= 4 is 27.7 Å². The Kier molecular flexibility index (Phi) is 7.10. The van der Waals surface area contributed by atoms with Gasteiger partial charge in [-0.15, -0.1) is 0 Å². The number of β-lactam (4-membered cyclic amide) rings is 1. The predicted octanol–water partition coefficient (Wildman–Crippen LogP) is 3.73. The van der Waals surface area contributed by atoms with Crippen LogP contribution >= 0.6 is 0 Å². The smallest absolute Gasteiger partial charge is 0.331 e. The van der Waals surface area contributed by atoms with Crippen LogP contribution in [0.25, 0.3) is 0 Å². The fourth-order valence-corrected chi connectivity index (χ4v) is 7.27. The highest BCUT2D eigenvalue weighted by Gasteiger charge is 2.69. The zero-order valence-electron chi connectivity index (χ0n) is 21.2. The second-order valence-corrected chi connectivity index (χ2v) is 12.2. The normalized spacial score (nSPS) is 23.3. The van der Waals surface area contributed by atoms with Crippen LogP contribution in [0.4, 0.5) is 0 Å². The van der Waals surface area contributed by atoms with E-state index in [9.17, 15) is 22.8 Å². The zero-order chi connectivity index (χ0) is 27.6. The van der Waals surface area contributed by atoms with Gasteiger partial charge in [-0.2, -0.15) is 0 Å². The molecule has 2 saturated heterocycles. The van der Waals surface area contributed by atoms with Crippen molar-refractivity contribution < 1.29 is 32.3 Å². The Morgan fingerprint density at radius 3 is 2.03 bits per heavy atom. The molecule has 9 heteroatoms. The van der Waals surface area contributed by atoms with Crippen molar-refractivity contribution in [2.45, 2.75) is 42.2 Å². The van der Waals surface area contributed by atoms with Gasteiger partial charge in [-0.3, -0.25) is 4.79 Å². The van der Waals surface area contributed by atoms with Gasteiger partial charge in [0.2, 0.25) is 5.91 Å². The van der Waals surface area contributed by atoms with Crippen LogP contribution in [0.3, 0.4) is 0 Å². The van der Waals surface area contributed by atoms with Gasteiger partial charge in [0.25, 0.3) is 0 Å². The molecule has 0 aliphatic carbocycles. The summed E-state index contributed by atoms with van der Waals surface area (Å²) in [4.78, 5) is 39.9. The van der Waals surface area contributed by atoms with Gasteiger partial charge in [-0.1, -0.05) is 97.1 Å². The van der Waals surface area contributed by atoms with Crippen molar-refractivity contribution in [3.63, 3.8) is 0 Å². The molecular weight excluding hydrogens is 518 g/mol. The molecule has 2 aliphatic rings. The number of hydrogen-bond donors (Lipinski definition) is 0. The predicted molar refractivity (Wildman–Crippen MR) is 143 cm³/mol. The molecule has 3 aromatic carbocycles. The maximum atomic E-state index is 13.8. The van der Waals surface area contributed by atoms with Gasteiger partial charge >= 0.3 is 11.9 Å². The number of benzene rings is 3. The van der Waals surface area contributed by atoms with Gasteiger partial charge in [-0.25, -0.2) is 18.0 Å². The number of fused-ring (bicyclic) bond motifs is 1. The van der Waals surface area contributed by atoms with Crippen molar-refractivity contribution in [3.05, 3.63) is 120 Å². The molecule has 0 aromatic heterocycles. The summed E-state index contributed by atoms with van der Waals surface area (Å²) < 4.78 is 36.4. The van der Waals surface area contributed by atoms with Crippen LogP contribution in [0.1, 0.15) is 36.1 Å². The van der Waals surface area contributed by atoms with E-state index in [-0.39, 0.29) is 13.0 Å². The van der Waals surface area contributed by atoms with Crippen LogP contribution in [-0.2, 0) is 40.3 Å². The molecule has 39 heavy (non-hydrogen) atoms. The summed E-state index contributed by atoms with van der Waals surface area (Å²) in [6, 6.07) is 25.7. The van der Waals surface area contributed by atoms with Gasteiger partial charge in [0, 0.05) is 6.08 Å². The second kappa shape index (κ2) is 10.5. The first-order valence-corrected chi connectivity index (χ1v) is 14.0. The SMILES string of the molecule is C[C@]1(C=CC(=O)OCc2ccccc2)[C@H](C(=O)OC(c2ccccc2)c2ccccc2)N2C(=O)C[C@H]2S1(=O)=O. The highest BCUT2D eigenvalue weighted by atomic mass is 32.2. The number of carbonyl (C=O) groups is 3. The second-order valence-electron chi connectivity index (χ2n) is 9.66. The van der Waals surface area contributed by atoms with Crippen LogP contribution in [-0.4, -0.2) is 47.3 Å². The number of esters is 2. The van der Waals surface area contributed by atoms with E-state index in [0.29, 0.717) is 11.1 Å². The van der Waals surface area contributed by atoms with Crippen molar-refractivity contribution in [2.75, 3.05) is 0 Å². The molecule has 2 fully saturated rings. The summed E-state index contributed by atoms with van der Waals surface area (Å²) >= 11 is 0. The van der Waals surface area contributed by atoms with E-state index in [1.165, 1.54) is 6.92 Å². The molecule has 0 saturated carbocycles. The van der Waals surface area contributed by atoms with E-state index >= 15 is 0 Å². The van der Waals surface area contributed by atoms with Crippen LogP contribution in [0, 0.1) is 0 Å². The summed E-state index contributed by atoms with van der Waals surface area (Å²) in [5, 5.41) is -1.16. The number of rotatable bonds is 8. The average Bonchev–Trinajstić information content (AvgIpc) is 3.09. The summed E-state index contributed by atoms with van der Waals surface area (Å²) in [5.41, 5.74) is 2.14. The van der Waals surface area contributed by atoms with Crippen LogP contribution in [0.15, 0.2) is 103 Å². The molecule has 1 amide bonds. The Morgan fingerprint density at radius 2 is 1.49 bits per heavy atom. The van der Waals surface area contributed by atoms with Crippen molar-refractivity contribution in [1.29, 1.82) is 0 Å². The Hall–Kier alpha value is -4.24. The molecule has 3 atom stereocenters. The molecule has 3 aromatic rings. The maximum absolute atomic E-state index is 13.8. The standard InChI is InChI=1S/C30H27NO7S/c1-30(18-17-26(33)37-20-21-11-5-2-6-12-21)28(31-24(32)19-25(31)39(30,35)36)29(34)38-27(22-13-7-3-8-14-22)23-15-9-4-10-16-23/h2-18,25,27-28H,19-20H2,1H3/t25-,28+,30+/m1/s1. The van der Waals surface area contributed by atoms with Gasteiger partial charge in [0.1, 0.15) is 16.7 Å². The molecule has 8 nitrogen and oxygen atoms in total. The molecule has 200 valence electrons. The quantitative estimate of drug-likeness (QED) is 0.241. The number of ether oxygens (including phenoxy) is 2. The highest BCUT2D eigenvalue weighted by molar-refractivity contribution is 7.94. The summed E-state index contributed by atoms with van der Waals surface area (Å²) in [6.45, 7) is 1.34. The Balaban J connectivity index is 1.44. The van der Waals surface area contributed by atoms with Gasteiger partial charge in [-0.05, 0) is 23.6 Å². The van der Waals surface area contributed by atoms with E-state index in [2.05, 4.69) is 0 Å². The van der Waals surface area contributed by atoms with Crippen molar-refractivity contribution in [2.24, 2.45) is 0 Å². The highest BCUT2D eigenvalue weighted by Crippen LogP contribution is 2.47. The molecule has 0 bridgehead atoms.